The topological polar surface area (TPSA) is 23.0 Å². The van der Waals surface area contributed by atoms with Crippen LogP contribution in [0.15, 0.2) is 217 Å². The molecule has 11 aromatic rings. The van der Waals surface area contributed by atoms with Gasteiger partial charge in [-0.15, -0.1) is 0 Å². The molecular weight excluding hydrogens is 861 g/mol. The maximum Gasteiger partial charge on any atom is 0.137 e. The van der Waals surface area contributed by atoms with Gasteiger partial charge in [-0.25, -0.2) is 0 Å². The number of allylic oxidation sites excluding steroid dienone is 10. The molecule has 3 heteroatoms. The lowest BCUT2D eigenvalue weighted by atomic mass is 9.82. The maximum atomic E-state index is 6.51. The number of nitrogens with zero attached hydrogens (tertiary/aromatic N) is 2. The van der Waals surface area contributed by atoms with E-state index in [4.69, 9.17) is 4.42 Å². The smallest absolute Gasteiger partial charge is 0.137 e. The van der Waals surface area contributed by atoms with Gasteiger partial charge in [0.25, 0.3) is 0 Å². The summed E-state index contributed by atoms with van der Waals surface area (Å²) in [7, 11) is 0. The van der Waals surface area contributed by atoms with Crippen molar-refractivity contribution in [3.8, 4) is 33.6 Å². The molecule has 0 N–H and O–H groups in total. The lowest BCUT2D eigenvalue weighted by molar-refractivity contribution is 0.595. The standard InChI is InChI=1S/C68H48N2O/c1-41-48-21-8-7-16-42(28-31-49(41)51-23-10-9-22-50(48)51)43-17-15-20-47(34-43)70-63-33-30-45(35-55(63)57-37-54-52-24-11-13-26-60(52)68(2,3)61(54)39-64(57)70)44-29-32-62-56(36-44)58-38-59-53-25-12-14-27-66(53)71-67(59)40-65(58)69(62)46-18-5-4-6-19-46/h4-11,13-15,17-24,26-40H,1,12,16,25H2,2-3H3/b8-7-,42-28+,48-21+,49-31+. The summed E-state index contributed by atoms with van der Waals surface area (Å²) in [5.41, 5.74) is 25.4. The largest absolute Gasteiger partial charge is 0.456 e. The van der Waals surface area contributed by atoms with Crippen molar-refractivity contribution in [2.75, 3.05) is 0 Å². The molecule has 0 atom stereocenters. The van der Waals surface area contributed by atoms with Crippen molar-refractivity contribution in [1.82, 2.24) is 9.13 Å². The van der Waals surface area contributed by atoms with E-state index in [1.807, 2.05) is 0 Å². The van der Waals surface area contributed by atoms with Crippen molar-refractivity contribution < 1.29 is 4.42 Å². The highest BCUT2D eigenvalue weighted by Crippen LogP contribution is 2.52. The Balaban J connectivity index is 0.926. The van der Waals surface area contributed by atoms with Crippen LogP contribution in [-0.4, -0.2) is 9.13 Å². The average Bonchev–Trinajstić information content (AvgIpc) is 4.16. The molecule has 2 bridgehead atoms. The van der Waals surface area contributed by atoms with Crippen LogP contribution in [0.25, 0.3) is 111 Å². The van der Waals surface area contributed by atoms with Gasteiger partial charge in [0.1, 0.15) is 11.3 Å². The molecule has 0 saturated heterocycles. The minimum absolute atomic E-state index is 0.140. The molecule has 4 aliphatic carbocycles. The van der Waals surface area contributed by atoms with E-state index in [1.54, 1.807) is 0 Å². The predicted molar refractivity (Wildman–Crippen MR) is 299 cm³/mol. The normalized spacial score (nSPS) is 18.2. The molecule has 0 fully saturated rings. The SMILES string of the molecule is C=C1/C2=C\C=C/C/C(c3cccc(-n4c5ccc(-c6ccc7c(c6)c6cc8c9c(oc8cc6n7-c6ccccc6)C=CCC9)cc5c5cc6c(cc54)C(C)(C)c4ccccc4-6)c3)=C\C=C/1c1ccccc12. The summed E-state index contributed by atoms with van der Waals surface area (Å²) in [6, 6.07) is 61.4. The van der Waals surface area contributed by atoms with Gasteiger partial charge < -0.3 is 13.6 Å². The monoisotopic (exact) mass is 908 g/mol. The molecule has 3 aromatic heterocycles. The first-order valence-corrected chi connectivity index (χ1v) is 25.0. The van der Waals surface area contributed by atoms with Crippen molar-refractivity contribution in [3.05, 3.63) is 252 Å². The first kappa shape index (κ1) is 40.2. The summed E-state index contributed by atoms with van der Waals surface area (Å²) < 4.78 is 11.4. The van der Waals surface area contributed by atoms with E-state index in [9.17, 15) is 0 Å². The third-order valence-corrected chi connectivity index (χ3v) is 16.2. The Morgan fingerprint density at radius 3 is 1.94 bits per heavy atom. The summed E-state index contributed by atoms with van der Waals surface area (Å²) in [5.74, 6) is 0.993. The fourth-order valence-corrected chi connectivity index (χ4v) is 12.7. The Morgan fingerprint density at radius 2 is 1.15 bits per heavy atom. The van der Waals surface area contributed by atoms with E-state index >= 15 is 0 Å². The van der Waals surface area contributed by atoms with Crippen LogP contribution in [0.2, 0.25) is 0 Å². The summed E-state index contributed by atoms with van der Waals surface area (Å²) in [5, 5.41) is 6.19. The highest BCUT2D eigenvalue weighted by Gasteiger charge is 2.36. The van der Waals surface area contributed by atoms with Crippen LogP contribution in [0.1, 0.15) is 65.8 Å². The zero-order chi connectivity index (χ0) is 47.1. The Hall–Kier alpha value is -8.66. The molecule has 3 nitrogen and oxygen atoms in total. The Morgan fingerprint density at radius 1 is 0.493 bits per heavy atom. The molecule has 0 radical (unpaired) electrons. The van der Waals surface area contributed by atoms with Crippen molar-refractivity contribution in [3.63, 3.8) is 0 Å². The summed E-state index contributed by atoms with van der Waals surface area (Å²) in [6.07, 6.45) is 18.5. The third-order valence-electron chi connectivity index (χ3n) is 16.2. The third kappa shape index (κ3) is 5.84. The minimum atomic E-state index is -0.140. The second-order valence-electron chi connectivity index (χ2n) is 20.4. The number of aromatic nitrogens is 2. The van der Waals surface area contributed by atoms with Gasteiger partial charge in [-0.3, -0.25) is 0 Å². The fraction of sp³-hybridized carbons (Fsp3) is 0.0882. The summed E-state index contributed by atoms with van der Waals surface area (Å²) in [6.45, 7) is 9.32. The van der Waals surface area contributed by atoms with Crippen molar-refractivity contribution in [2.24, 2.45) is 0 Å². The second-order valence-corrected chi connectivity index (χ2v) is 20.4. The molecular formula is C68H48N2O. The van der Waals surface area contributed by atoms with Crippen molar-refractivity contribution in [1.29, 1.82) is 0 Å². The van der Waals surface area contributed by atoms with Crippen LogP contribution < -0.4 is 0 Å². The van der Waals surface area contributed by atoms with Gasteiger partial charge in [0.2, 0.25) is 0 Å². The first-order chi connectivity index (χ1) is 34.9. The Kier molecular flexibility index (Phi) is 8.46. The van der Waals surface area contributed by atoms with Crippen LogP contribution in [0.5, 0.6) is 0 Å². The molecule has 0 saturated carbocycles. The number of rotatable bonds is 4. The Bertz CT molecular complexity index is 4340. The Labute approximate surface area is 412 Å². The molecule has 0 spiro atoms. The quantitative estimate of drug-likeness (QED) is 0.173. The summed E-state index contributed by atoms with van der Waals surface area (Å²) >= 11 is 0. The van der Waals surface area contributed by atoms with Crippen LogP contribution in [-0.2, 0) is 11.8 Å². The van der Waals surface area contributed by atoms with Gasteiger partial charge in [0, 0.05) is 55.4 Å². The number of fused-ring (bicyclic) bond motifs is 17. The van der Waals surface area contributed by atoms with Crippen LogP contribution >= 0.6 is 0 Å². The number of para-hydroxylation sites is 1. The zero-order valence-electron chi connectivity index (χ0n) is 39.8. The van der Waals surface area contributed by atoms with Crippen molar-refractivity contribution in [2.45, 2.75) is 38.5 Å². The lowest BCUT2D eigenvalue weighted by Gasteiger charge is -2.21. The molecule has 0 amide bonds. The van der Waals surface area contributed by atoms with Gasteiger partial charge in [0.15, 0.2) is 0 Å². The van der Waals surface area contributed by atoms with E-state index in [0.717, 1.165) is 53.1 Å². The number of hydrogen-bond donors (Lipinski definition) is 0. The van der Waals surface area contributed by atoms with E-state index in [1.165, 1.54) is 116 Å². The van der Waals surface area contributed by atoms with E-state index in [-0.39, 0.29) is 5.41 Å². The van der Waals surface area contributed by atoms with Crippen LogP contribution in [0.4, 0.5) is 0 Å². The lowest BCUT2D eigenvalue weighted by Crippen LogP contribution is -2.14. The molecule has 4 aliphatic rings. The minimum Gasteiger partial charge on any atom is -0.456 e. The number of benzene rings is 8. The predicted octanol–water partition coefficient (Wildman–Crippen LogP) is 17.9. The van der Waals surface area contributed by atoms with Gasteiger partial charge in [0.05, 0.1) is 22.1 Å². The second kappa shape index (κ2) is 14.9. The van der Waals surface area contributed by atoms with Crippen LogP contribution in [0.3, 0.4) is 0 Å². The first-order valence-electron chi connectivity index (χ1n) is 25.0. The molecule has 71 heavy (non-hydrogen) atoms. The number of hydrogen-bond acceptors (Lipinski definition) is 1. The number of aryl methyl sites for hydroxylation is 1. The highest BCUT2D eigenvalue weighted by atomic mass is 16.3. The van der Waals surface area contributed by atoms with E-state index < -0.39 is 0 Å². The fourth-order valence-electron chi connectivity index (χ4n) is 12.7. The average molecular weight is 909 g/mol. The maximum absolute atomic E-state index is 6.51. The molecule has 0 unspecified atom stereocenters. The zero-order valence-corrected chi connectivity index (χ0v) is 39.8. The van der Waals surface area contributed by atoms with E-state index in [0.29, 0.717) is 0 Å². The van der Waals surface area contributed by atoms with Gasteiger partial charge in [-0.05, 0) is 164 Å². The van der Waals surface area contributed by atoms with Crippen molar-refractivity contribution >= 4 is 77.4 Å². The van der Waals surface area contributed by atoms with Gasteiger partial charge in [-0.2, -0.15) is 0 Å². The molecule has 3 heterocycles. The van der Waals surface area contributed by atoms with Gasteiger partial charge in [-0.1, -0.05) is 148 Å². The molecule has 8 aromatic carbocycles. The number of furan rings is 1. The highest BCUT2D eigenvalue weighted by molar-refractivity contribution is 6.16. The van der Waals surface area contributed by atoms with E-state index in [2.05, 4.69) is 236 Å². The molecule has 336 valence electrons. The molecule has 0 aliphatic heterocycles. The summed E-state index contributed by atoms with van der Waals surface area (Å²) in [4.78, 5) is 0. The van der Waals surface area contributed by atoms with Gasteiger partial charge >= 0.3 is 0 Å². The van der Waals surface area contributed by atoms with Crippen LogP contribution in [0, 0.1) is 0 Å². The molecule has 15 rings (SSSR count).